The molecule has 5 heterocycles. The largest absolute Gasteiger partial charge is 0.472 e. The number of rotatable bonds is 4. The fourth-order valence-electron chi connectivity index (χ4n) is 4.94. The molecule has 2 aliphatic heterocycles. The Balaban J connectivity index is 1.40. The Morgan fingerprint density at radius 1 is 1.06 bits per heavy atom. The number of aromatic nitrogens is 3. The molecule has 3 aromatic rings. The van der Waals surface area contributed by atoms with Crippen molar-refractivity contribution in [2.45, 2.75) is 44.5 Å². The molecule has 1 saturated carbocycles. The number of hydrogen-bond donors (Lipinski definition) is 0. The van der Waals surface area contributed by atoms with Gasteiger partial charge in [-0.05, 0) is 61.9 Å². The zero-order valence-corrected chi connectivity index (χ0v) is 18.5. The van der Waals surface area contributed by atoms with E-state index in [-0.39, 0.29) is 29.9 Å². The maximum absolute atomic E-state index is 13.7. The number of pyridine rings is 3. The van der Waals surface area contributed by atoms with Crippen LogP contribution in [0.5, 0.6) is 5.88 Å². The number of aryl methyl sites for hydroxylation is 1. The summed E-state index contributed by atoms with van der Waals surface area (Å²) in [7, 11) is 0. The highest BCUT2D eigenvalue weighted by Crippen LogP contribution is 2.39. The van der Waals surface area contributed by atoms with Gasteiger partial charge in [-0.15, -0.1) is 0 Å². The summed E-state index contributed by atoms with van der Waals surface area (Å²) in [6.45, 7) is 2.54. The van der Waals surface area contributed by atoms with Gasteiger partial charge in [0.25, 0.3) is 5.91 Å². The highest BCUT2D eigenvalue weighted by Gasteiger charge is 2.45. The summed E-state index contributed by atoms with van der Waals surface area (Å²) in [5.41, 5.74) is 1.84. The fraction of sp³-hybridized carbons (Fsp3) is 0.360. The highest BCUT2D eigenvalue weighted by atomic mass is 19.4. The average molecular weight is 468 g/mol. The van der Waals surface area contributed by atoms with E-state index in [0.717, 1.165) is 37.1 Å². The van der Waals surface area contributed by atoms with E-state index >= 15 is 0 Å². The molecule has 3 fully saturated rings. The van der Waals surface area contributed by atoms with Crippen LogP contribution in [0.3, 0.4) is 0 Å². The first-order chi connectivity index (χ1) is 16.3. The van der Waals surface area contributed by atoms with E-state index in [1.807, 2.05) is 25.1 Å². The van der Waals surface area contributed by atoms with Gasteiger partial charge in [-0.25, -0.2) is 4.98 Å². The Labute approximate surface area is 194 Å². The zero-order chi connectivity index (χ0) is 23.9. The van der Waals surface area contributed by atoms with Crippen LogP contribution in [0, 0.1) is 12.8 Å². The molecule has 9 heteroatoms. The number of halogens is 3. The SMILES string of the molecule is Cc1cccnc1-c1cccnc1C(=O)N1CC2CC[C@H]1[C@H](Oc1ccc(C(F)(F)F)cn1)C2. The lowest BCUT2D eigenvalue weighted by molar-refractivity contribution is -0.137. The average Bonchev–Trinajstić information content (AvgIpc) is 2.84. The predicted molar refractivity (Wildman–Crippen MR) is 118 cm³/mol. The van der Waals surface area contributed by atoms with Crippen LogP contribution in [-0.4, -0.2) is 44.4 Å². The Kier molecular flexibility index (Phi) is 5.71. The number of amides is 1. The van der Waals surface area contributed by atoms with Gasteiger partial charge in [0.15, 0.2) is 0 Å². The van der Waals surface area contributed by atoms with Crippen molar-refractivity contribution in [1.29, 1.82) is 0 Å². The first-order valence-electron chi connectivity index (χ1n) is 11.2. The van der Waals surface area contributed by atoms with Crippen LogP contribution in [0.15, 0.2) is 55.0 Å². The van der Waals surface area contributed by atoms with Crippen molar-refractivity contribution < 1.29 is 22.7 Å². The lowest BCUT2D eigenvalue weighted by atomic mass is 9.77. The monoisotopic (exact) mass is 468 g/mol. The number of carbonyl (C=O) groups is 1. The summed E-state index contributed by atoms with van der Waals surface area (Å²) in [6.07, 6.45) is 1.72. The first-order valence-corrected chi connectivity index (χ1v) is 11.2. The first kappa shape index (κ1) is 22.3. The summed E-state index contributed by atoms with van der Waals surface area (Å²) in [4.78, 5) is 28.2. The molecule has 3 aliphatic rings. The maximum atomic E-state index is 13.7. The number of alkyl halides is 3. The molecule has 34 heavy (non-hydrogen) atoms. The molecule has 6 rings (SSSR count). The number of hydrogen-bond acceptors (Lipinski definition) is 5. The number of piperidine rings is 2. The van der Waals surface area contributed by atoms with Crippen LogP contribution in [0.1, 0.15) is 40.9 Å². The topological polar surface area (TPSA) is 68.2 Å². The van der Waals surface area contributed by atoms with Gasteiger partial charge >= 0.3 is 6.18 Å². The van der Waals surface area contributed by atoms with Gasteiger partial charge < -0.3 is 9.64 Å². The van der Waals surface area contributed by atoms with Gasteiger partial charge in [-0.1, -0.05) is 6.07 Å². The molecule has 1 aliphatic carbocycles. The Morgan fingerprint density at radius 3 is 2.56 bits per heavy atom. The van der Waals surface area contributed by atoms with Crippen LogP contribution in [-0.2, 0) is 6.18 Å². The summed E-state index contributed by atoms with van der Waals surface area (Å²) < 4.78 is 44.5. The highest BCUT2D eigenvalue weighted by molar-refractivity contribution is 5.99. The van der Waals surface area contributed by atoms with Crippen molar-refractivity contribution >= 4 is 5.91 Å². The molecule has 1 amide bonds. The van der Waals surface area contributed by atoms with Gasteiger partial charge in [0.05, 0.1) is 17.3 Å². The summed E-state index contributed by atoms with van der Waals surface area (Å²) >= 11 is 0. The molecular formula is C25H23F3N4O2. The fourth-order valence-corrected chi connectivity index (χ4v) is 4.94. The van der Waals surface area contributed by atoms with E-state index in [1.165, 1.54) is 6.07 Å². The van der Waals surface area contributed by atoms with Crippen molar-refractivity contribution in [3.05, 3.63) is 71.8 Å². The minimum absolute atomic E-state index is 0.126. The Hall–Kier alpha value is -3.49. The molecule has 0 N–H and O–H groups in total. The third-order valence-electron chi connectivity index (χ3n) is 6.59. The Morgan fingerprint density at radius 2 is 1.85 bits per heavy atom. The van der Waals surface area contributed by atoms with Gasteiger partial charge in [-0.2, -0.15) is 13.2 Å². The van der Waals surface area contributed by atoms with Gasteiger partial charge in [-0.3, -0.25) is 14.8 Å². The van der Waals surface area contributed by atoms with Gasteiger partial charge in [0.1, 0.15) is 11.8 Å². The second kappa shape index (κ2) is 8.70. The van der Waals surface area contributed by atoms with E-state index in [0.29, 0.717) is 23.5 Å². The standard InChI is InChI=1S/C25H23F3N4O2/c1-15-4-2-10-29-22(15)18-5-3-11-30-23(18)24(33)32-14-16-6-8-19(32)20(12-16)34-21-9-7-17(13-31-21)25(26,27)28/h2-5,7,9-11,13,16,19-20H,6,8,12,14H2,1H3/t16?,19-,20+/m0/s1. The van der Waals surface area contributed by atoms with Crippen molar-refractivity contribution in [1.82, 2.24) is 19.9 Å². The van der Waals surface area contributed by atoms with Crippen LogP contribution in [0.2, 0.25) is 0 Å². The van der Waals surface area contributed by atoms with Gasteiger partial charge in [0, 0.05) is 36.8 Å². The van der Waals surface area contributed by atoms with Crippen molar-refractivity contribution in [2.24, 2.45) is 5.92 Å². The molecule has 176 valence electrons. The summed E-state index contributed by atoms with van der Waals surface area (Å²) in [5, 5.41) is 0. The molecular weight excluding hydrogens is 445 g/mol. The molecule has 2 saturated heterocycles. The van der Waals surface area contributed by atoms with E-state index < -0.39 is 11.7 Å². The van der Waals surface area contributed by atoms with Crippen molar-refractivity contribution in [3.63, 3.8) is 0 Å². The second-order valence-electron chi connectivity index (χ2n) is 8.81. The third kappa shape index (κ3) is 4.22. The molecule has 0 aromatic carbocycles. The van der Waals surface area contributed by atoms with Crippen LogP contribution in [0.4, 0.5) is 13.2 Å². The molecule has 1 unspecified atom stereocenters. The summed E-state index contributed by atoms with van der Waals surface area (Å²) in [5.74, 6) is 0.182. The quantitative estimate of drug-likeness (QED) is 0.543. The van der Waals surface area contributed by atoms with E-state index in [2.05, 4.69) is 15.0 Å². The van der Waals surface area contributed by atoms with E-state index in [9.17, 15) is 18.0 Å². The lowest BCUT2D eigenvalue weighted by Crippen LogP contribution is -2.59. The second-order valence-corrected chi connectivity index (χ2v) is 8.81. The normalized spacial score (nSPS) is 22.0. The molecule has 6 nitrogen and oxygen atoms in total. The molecule has 3 atom stereocenters. The van der Waals surface area contributed by atoms with E-state index in [1.54, 1.807) is 23.4 Å². The minimum atomic E-state index is -4.45. The van der Waals surface area contributed by atoms with Crippen LogP contribution >= 0.6 is 0 Å². The molecule has 0 spiro atoms. The van der Waals surface area contributed by atoms with Crippen LogP contribution < -0.4 is 4.74 Å². The van der Waals surface area contributed by atoms with E-state index in [4.69, 9.17) is 4.74 Å². The number of nitrogens with zero attached hydrogens (tertiary/aromatic N) is 4. The van der Waals surface area contributed by atoms with Crippen molar-refractivity contribution in [3.8, 4) is 17.1 Å². The number of fused-ring (bicyclic) bond motifs is 3. The third-order valence-corrected chi connectivity index (χ3v) is 6.59. The lowest BCUT2D eigenvalue weighted by Gasteiger charge is -2.49. The number of carbonyl (C=O) groups excluding carboxylic acids is 1. The predicted octanol–water partition coefficient (Wildman–Crippen LogP) is 4.94. The summed E-state index contributed by atoms with van der Waals surface area (Å²) in [6, 6.07) is 9.40. The Bertz CT molecular complexity index is 1200. The zero-order valence-electron chi connectivity index (χ0n) is 18.5. The van der Waals surface area contributed by atoms with Gasteiger partial charge in [0.2, 0.25) is 5.88 Å². The van der Waals surface area contributed by atoms with Crippen molar-refractivity contribution in [2.75, 3.05) is 6.54 Å². The molecule has 0 radical (unpaired) electrons. The minimum Gasteiger partial charge on any atom is -0.472 e. The smallest absolute Gasteiger partial charge is 0.417 e. The molecule has 3 aromatic heterocycles. The number of ether oxygens (including phenoxy) is 1. The molecule has 2 bridgehead atoms. The van der Waals surface area contributed by atoms with Crippen LogP contribution in [0.25, 0.3) is 11.3 Å². The maximum Gasteiger partial charge on any atom is 0.417 e.